The highest BCUT2D eigenvalue weighted by Gasteiger charge is 2.32. The lowest BCUT2D eigenvalue weighted by Crippen LogP contribution is -2.46. The summed E-state index contributed by atoms with van der Waals surface area (Å²) in [4.78, 5) is 2.49. The van der Waals surface area contributed by atoms with Crippen molar-refractivity contribution in [1.82, 2.24) is 5.32 Å². The highest BCUT2D eigenvalue weighted by atomic mass is 16.5. The molecule has 0 bridgehead atoms. The number of anilines is 1. The maximum Gasteiger partial charge on any atom is 0.121 e. The van der Waals surface area contributed by atoms with E-state index in [2.05, 4.69) is 28.4 Å². The number of ether oxygens (including phenoxy) is 1. The molecule has 2 saturated heterocycles. The van der Waals surface area contributed by atoms with Crippen LogP contribution in [-0.2, 0) is 0 Å². The van der Waals surface area contributed by atoms with Crippen LogP contribution in [0.25, 0.3) is 0 Å². The topological polar surface area (TPSA) is 24.5 Å². The number of fused-ring (bicyclic) bond motifs is 1. The molecule has 0 radical (unpaired) electrons. The summed E-state index contributed by atoms with van der Waals surface area (Å²) < 4.78 is 5.58. The predicted molar refractivity (Wildman–Crippen MR) is 74.3 cm³/mol. The van der Waals surface area contributed by atoms with Crippen molar-refractivity contribution in [1.29, 1.82) is 0 Å². The van der Waals surface area contributed by atoms with Crippen LogP contribution in [0, 0.1) is 5.92 Å². The fourth-order valence-corrected chi connectivity index (χ4v) is 3.20. The number of rotatable bonds is 3. The van der Waals surface area contributed by atoms with E-state index in [1.54, 1.807) is 0 Å². The zero-order valence-electron chi connectivity index (χ0n) is 11.1. The molecule has 0 saturated carbocycles. The molecule has 2 unspecified atom stereocenters. The first-order valence-corrected chi connectivity index (χ1v) is 7.08. The normalized spacial score (nSPS) is 27.1. The summed E-state index contributed by atoms with van der Waals surface area (Å²) in [5, 5.41) is 3.63. The Bertz CT molecular complexity index is 407. The first-order valence-electron chi connectivity index (χ1n) is 7.08. The third kappa shape index (κ3) is 2.32. The van der Waals surface area contributed by atoms with E-state index in [1.165, 1.54) is 31.6 Å². The Morgan fingerprint density at radius 2 is 2.33 bits per heavy atom. The van der Waals surface area contributed by atoms with E-state index in [4.69, 9.17) is 4.74 Å². The van der Waals surface area contributed by atoms with Crippen LogP contribution in [0.15, 0.2) is 24.3 Å². The molecule has 2 aliphatic heterocycles. The lowest BCUT2D eigenvalue weighted by molar-refractivity contribution is 0.339. The second-order valence-corrected chi connectivity index (χ2v) is 5.27. The van der Waals surface area contributed by atoms with Gasteiger partial charge in [-0.3, -0.25) is 0 Å². The van der Waals surface area contributed by atoms with Crippen molar-refractivity contribution >= 4 is 5.69 Å². The maximum absolute atomic E-state index is 5.58. The molecule has 1 aromatic carbocycles. The Hall–Kier alpha value is -1.22. The van der Waals surface area contributed by atoms with Gasteiger partial charge in [-0.05, 0) is 44.4 Å². The Balaban J connectivity index is 1.72. The third-order valence-corrected chi connectivity index (χ3v) is 4.17. The van der Waals surface area contributed by atoms with Crippen LogP contribution in [-0.4, -0.2) is 32.3 Å². The fraction of sp³-hybridized carbons (Fsp3) is 0.600. The van der Waals surface area contributed by atoms with E-state index in [0.717, 1.165) is 24.8 Å². The lowest BCUT2D eigenvalue weighted by atomic mass is 9.92. The van der Waals surface area contributed by atoms with E-state index >= 15 is 0 Å². The van der Waals surface area contributed by atoms with Crippen molar-refractivity contribution in [2.75, 3.05) is 31.1 Å². The van der Waals surface area contributed by atoms with Crippen molar-refractivity contribution in [3.05, 3.63) is 24.3 Å². The van der Waals surface area contributed by atoms with Gasteiger partial charge in [0.15, 0.2) is 0 Å². The molecule has 2 aliphatic rings. The largest absolute Gasteiger partial charge is 0.494 e. The predicted octanol–water partition coefficient (Wildman–Crippen LogP) is 2.27. The Morgan fingerprint density at radius 1 is 1.39 bits per heavy atom. The second kappa shape index (κ2) is 5.19. The van der Waals surface area contributed by atoms with Gasteiger partial charge in [0, 0.05) is 30.9 Å². The molecule has 2 fully saturated rings. The van der Waals surface area contributed by atoms with E-state index in [1.807, 2.05) is 13.0 Å². The van der Waals surface area contributed by atoms with Gasteiger partial charge in [-0.15, -0.1) is 0 Å². The monoisotopic (exact) mass is 246 g/mol. The Labute approximate surface area is 109 Å². The van der Waals surface area contributed by atoms with Crippen LogP contribution in [0.4, 0.5) is 5.69 Å². The fourth-order valence-electron chi connectivity index (χ4n) is 3.20. The second-order valence-electron chi connectivity index (χ2n) is 5.27. The summed E-state index contributed by atoms with van der Waals surface area (Å²) in [5.41, 5.74) is 1.30. The van der Waals surface area contributed by atoms with Crippen LogP contribution in [0.3, 0.4) is 0 Å². The SMILES string of the molecule is CCOc1cccc(N2CCC3CCNC3C2)c1. The molecular weight excluding hydrogens is 224 g/mol. The van der Waals surface area contributed by atoms with Crippen LogP contribution in [0.1, 0.15) is 19.8 Å². The zero-order valence-corrected chi connectivity index (χ0v) is 11.1. The quantitative estimate of drug-likeness (QED) is 0.885. The minimum absolute atomic E-state index is 0.689. The molecule has 0 spiro atoms. The average molecular weight is 246 g/mol. The van der Waals surface area contributed by atoms with E-state index in [0.29, 0.717) is 6.04 Å². The molecular formula is C15H22N2O. The van der Waals surface area contributed by atoms with E-state index in [9.17, 15) is 0 Å². The summed E-state index contributed by atoms with van der Waals surface area (Å²) in [7, 11) is 0. The van der Waals surface area contributed by atoms with Gasteiger partial charge in [-0.1, -0.05) is 6.07 Å². The molecule has 1 N–H and O–H groups in total. The van der Waals surface area contributed by atoms with Crippen molar-refractivity contribution in [2.45, 2.75) is 25.8 Å². The maximum atomic E-state index is 5.58. The number of nitrogens with zero attached hydrogens (tertiary/aromatic N) is 1. The molecule has 3 nitrogen and oxygen atoms in total. The summed E-state index contributed by atoms with van der Waals surface area (Å²) >= 11 is 0. The highest BCUT2D eigenvalue weighted by Crippen LogP contribution is 2.29. The van der Waals surface area contributed by atoms with Crippen LogP contribution < -0.4 is 15.0 Å². The molecule has 18 heavy (non-hydrogen) atoms. The number of hydrogen-bond acceptors (Lipinski definition) is 3. The van der Waals surface area contributed by atoms with Crippen LogP contribution >= 0.6 is 0 Å². The molecule has 2 atom stereocenters. The van der Waals surface area contributed by atoms with Gasteiger partial charge < -0.3 is 15.0 Å². The van der Waals surface area contributed by atoms with Crippen LogP contribution in [0.2, 0.25) is 0 Å². The summed E-state index contributed by atoms with van der Waals surface area (Å²) in [6.45, 7) is 6.27. The minimum atomic E-state index is 0.689. The Morgan fingerprint density at radius 3 is 3.22 bits per heavy atom. The van der Waals surface area contributed by atoms with Gasteiger partial charge in [0.2, 0.25) is 0 Å². The number of benzene rings is 1. The molecule has 3 rings (SSSR count). The Kier molecular flexibility index (Phi) is 3.41. The first-order chi connectivity index (χ1) is 8.86. The van der Waals surface area contributed by atoms with Crippen molar-refractivity contribution in [3.63, 3.8) is 0 Å². The molecule has 0 amide bonds. The van der Waals surface area contributed by atoms with Crippen molar-refractivity contribution in [2.24, 2.45) is 5.92 Å². The lowest BCUT2D eigenvalue weighted by Gasteiger charge is -2.36. The summed E-state index contributed by atoms with van der Waals surface area (Å²) in [5.74, 6) is 1.88. The van der Waals surface area contributed by atoms with E-state index < -0.39 is 0 Å². The minimum Gasteiger partial charge on any atom is -0.494 e. The number of hydrogen-bond donors (Lipinski definition) is 1. The van der Waals surface area contributed by atoms with Crippen LogP contribution in [0.5, 0.6) is 5.75 Å². The molecule has 98 valence electrons. The standard InChI is InChI=1S/C15H22N2O/c1-2-18-14-5-3-4-13(10-14)17-9-7-12-6-8-16-15(12)11-17/h3-5,10,12,15-16H,2,6-9,11H2,1H3. The average Bonchev–Trinajstić information content (AvgIpc) is 2.86. The van der Waals surface area contributed by atoms with Gasteiger partial charge in [0.25, 0.3) is 0 Å². The highest BCUT2D eigenvalue weighted by molar-refractivity contribution is 5.51. The zero-order chi connectivity index (χ0) is 12.4. The molecule has 0 aliphatic carbocycles. The van der Waals surface area contributed by atoms with Gasteiger partial charge in [-0.2, -0.15) is 0 Å². The molecule has 2 heterocycles. The van der Waals surface area contributed by atoms with Crippen molar-refractivity contribution in [3.8, 4) is 5.75 Å². The van der Waals surface area contributed by atoms with Gasteiger partial charge in [0.05, 0.1) is 6.61 Å². The van der Waals surface area contributed by atoms with Gasteiger partial charge >= 0.3 is 0 Å². The third-order valence-electron chi connectivity index (χ3n) is 4.17. The number of nitrogens with one attached hydrogen (secondary N) is 1. The first kappa shape index (κ1) is 11.8. The van der Waals surface area contributed by atoms with Crippen molar-refractivity contribution < 1.29 is 4.74 Å². The summed E-state index contributed by atoms with van der Waals surface area (Å²) in [6.07, 6.45) is 2.67. The summed E-state index contributed by atoms with van der Waals surface area (Å²) in [6, 6.07) is 9.17. The van der Waals surface area contributed by atoms with E-state index in [-0.39, 0.29) is 0 Å². The molecule has 3 heteroatoms. The number of piperidine rings is 1. The smallest absolute Gasteiger partial charge is 0.121 e. The van der Waals surface area contributed by atoms with Gasteiger partial charge in [-0.25, -0.2) is 0 Å². The molecule has 1 aromatic rings. The van der Waals surface area contributed by atoms with Gasteiger partial charge in [0.1, 0.15) is 5.75 Å². The molecule has 0 aromatic heterocycles.